The van der Waals surface area contributed by atoms with Gasteiger partial charge in [-0.15, -0.1) is 10.2 Å². The summed E-state index contributed by atoms with van der Waals surface area (Å²) in [6, 6.07) is 54.5. The Bertz CT molecular complexity index is 2570. The van der Waals surface area contributed by atoms with Crippen LogP contribution in [0.5, 0.6) is 0 Å². The normalized spacial score (nSPS) is 15.3. The monoisotopic (exact) mass is 659 g/mol. The van der Waals surface area contributed by atoms with Crippen LogP contribution in [0.15, 0.2) is 152 Å². The van der Waals surface area contributed by atoms with E-state index in [1.165, 1.54) is 45.0 Å². The predicted molar refractivity (Wildman–Crippen MR) is 210 cm³/mol. The first-order valence-electron chi connectivity index (χ1n) is 17.7. The van der Waals surface area contributed by atoms with Crippen molar-refractivity contribution in [3.8, 4) is 5.69 Å². The molecule has 2 aliphatic rings. The first kappa shape index (κ1) is 29.7. The Balaban J connectivity index is 1.10. The van der Waals surface area contributed by atoms with E-state index in [-0.39, 0.29) is 10.8 Å². The molecule has 0 spiro atoms. The lowest BCUT2D eigenvalue weighted by Crippen LogP contribution is -2.30. The summed E-state index contributed by atoms with van der Waals surface area (Å²) in [6.45, 7) is 9.28. The van der Waals surface area contributed by atoms with Gasteiger partial charge in [0.1, 0.15) is 11.0 Å². The summed E-state index contributed by atoms with van der Waals surface area (Å²) in [7, 11) is 0. The Kier molecular flexibility index (Phi) is 6.20. The van der Waals surface area contributed by atoms with E-state index in [0.29, 0.717) is 0 Å². The van der Waals surface area contributed by atoms with Crippen LogP contribution in [0.3, 0.4) is 0 Å². The number of rotatable bonds is 3. The number of fused-ring (bicyclic) bond motifs is 7. The van der Waals surface area contributed by atoms with Crippen molar-refractivity contribution < 1.29 is 0 Å². The van der Waals surface area contributed by atoms with Gasteiger partial charge in [0.05, 0.1) is 34.1 Å². The van der Waals surface area contributed by atoms with Gasteiger partial charge in [-0.2, -0.15) is 4.80 Å². The quantitative estimate of drug-likeness (QED) is 0.189. The summed E-state index contributed by atoms with van der Waals surface area (Å²) >= 11 is 0. The van der Waals surface area contributed by atoms with E-state index in [2.05, 4.69) is 189 Å². The Labute approximate surface area is 298 Å². The zero-order valence-corrected chi connectivity index (χ0v) is 29.2. The van der Waals surface area contributed by atoms with E-state index in [4.69, 9.17) is 10.2 Å². The molecule has 0 saturated heterocycles. The molecule has 2 aliphatic heterocycles. The molecule has 0 radical (unpaired) electrons. The van der Waals surface area contributed by atoms with Crippen molar-refractivity contribution in [2.24, 2.45) is 0 Å². The van der Waals surface area contributed by atoms with Gasteiger partial charge in [-0.1, -0.05) is 125 Å². The van der Waals surface area contributed by atoms with Gasteiger partial charge in [0, 0.05) is 27.3 Å². The fourth-order valence-electron chi connectivity index (χ4n) is 8.64. The van der Waals surface area contributed by atoms with Crippen LogP contribution < -0.4 is 9.80 Å². The van der Waals surface area contributed by atoms with Crippen molar-refractivity contribution in [2.45, 2.75) is 38.5 Å². The van der Waals surface area contributed by atoms with Gasteiger partial charge < -0.3 is 9.80 Å². The third-order valence-corrected chi connectivity index (χ3v) is 11.2. The molecule has 1 aromatic heterocycles. The molecule has 0 aliphatic carbocycles. The molecule has 0 fully saturated rings. The molecule has 51 heavy (non-hydrogen) atoms. The highest BCUT2D eigenvalue weighted by atomic mass is 15.5. The second kappa shape index (κ2) is 10.6. The maximum Gasteiger partial charge on any atom is 0.121 e. The Morgan fingerprint density at radius 1 is 0.392 bits per heavy atom. The topological polar surface area (TPSA) is 37.2 Å². The molecule has 3 heterocycles. The lowest BCUT2D eigenvalue weighted by Gasteiger charge is -2.42. The fraction of sp³-hybridized carbons (Fsp3) is 0.130. The number of aromatic nitrogens is 3. The van der Waals surface area contributed by atoms with Crippen LogP contribution in [0.2, 0.25) is 0 Å². The molecule has 0 unspecified atom stereocenters. The van der Waals surface area contributed by atoms with Crippen molar-refractivity contribution in [3.63, 3.8) is 0 Å². The minimum Gasteiger partial charge on any atom is -0.310 e. The molecule has 5 nitrogen and oxygen atoms in total. The molecule has 5 heteroatoms. The molecule has 7 aromatic carbocycles. The number of para-hydroxylation sites is 4. The van der Waals surface area contributed by atoms with Gasteiger partial charge in [0.15, 0.2) is 0 Å². The Morgan fingerprint density at radius 3 is 1.31 bits per heavy atom. The average Bonchev–Trinajstić information content (AvgIpc) is 3.60. The second-order valence-corrected chi connectivity index (χ2v) is 14.8. The number of benzene rings is 7. The number of anilines is 6. The minimum absolute atomic E-state index is 0.0983. The third kappa shape index (κ3) is 4.21. The molecule has 0 atom stereocenters. The van der Waals surface area contributed by atoms with Gasteiger partial charge in [-0.3, -0.25) is 0 Å². The zero-order valence-electron chi connectivity index (χ0n) is 29.2. The summed E-state index contributed by atoms with van der Waals surface area (Å²) in [5, 5.41) is 12.5. The largest absolute Gasteiger partial charge is 0.310 e. The smallest absolute Gasteiger partial charge is 0.121 e. The van der Waals surface area contributed by atoms with Crippen LogP contribution in [0.25, 0.3) is 27.5 Å². The molecule has 10 rings (SSSR count). The zero-order chi connectivity index (χ0) is 34.5. The highest BCUT2D eigenvalue weighted by Crippen LogP contribution is 2.54. The molecule has 8 aromatic rings. The number of nitrogens with zero attached hydrogens (tertiary/aromatic N) is 5. The van der Waals surface area contributed by atoms with E-state index < -0.39 is 0 Å². The van der Waals surface area contributed by atoms with Crippen molar-refractivity contribution >= 4 is 55.9 Å². The van der Waals surface area contributed by atoms with Crippen LogP contribution in [0.4, 0.5) is 34.1 Å². The summed E-state index contributed by atoms with van der Waals surface area (Å²) in [5.74, 6) is 0. The predicted octanol–water partition coefficient (Wildman–Crippen LogP) is 11.8. The van der Waals surface area contributed by atoms with Crippen molar-refractivity contribution in [1.82, 2.24) is 15.0 Å². The summed E-state index contributed by atoms with van der Waals surface area (Å²) in [6.07, 6.45) is 0. The number of hydrogen-bond acceptors (Lipinski definition) is 4. The number of hydrogen-bond donors (Lipinski definition) is 0. The standard InChI is InChI=1S/C46H37N5/c1-45(2)34-17-7-11-21-39(34)49(40-22-12-8-18-35(40)45)30-25-27-31(28-26-30)51-47-38-29-43(32-15-5-6-16-33(32)44(38)48-51)50-41-23-13-9-19-36(41)46(3,4)37-20-10-14-24-42(37)50/h5-29H,1-4H3. The average molecular weight is 660 g/mol. The van der Waals surface area contributed by atoms with Gasteiger partial charge in [-0.05, 0) is 76.9 Å². The van der Waals surface area contributed by atoms with Gasteiger partial charge in [-0.25, -0.2) is 0 Å². The van der Waals surface area contributed by atoms with Crippen LogP contribution in [0, 0.1) is 0 Å². The SMILES string of the molecule is CC1(C)c2ccccc2N(c2ccc(-n3nc4cc(N5c6ccccc6C(C)(C)c6ccccc65)c5ccccc5c4n3)cc2)c2ccccc21. The fourth-order valence-corrected chi connectivity index (χ4v) is 8.64. The van der Waals surface area contributed by atoms with Crippen LogP contribution >= 0.6 is 0 Å². The molecular formula is C46H37N5. The van der Waals surface area contributed by atoms with Crippen molar-refractivity contribution in [1.29, 1.82) is 0 Å². The van der Waals surface area contributed by atoms with E-state index >= 15 is 0 Å². The molecule has 0 saturated carbocycles. The van der Waals surface area contributed by atoms with Crippen LogP contribution in [0.1, 0.15) is 49.9 Å². The first-order chi connectivity index (χ1) is 24.8. The summed E-state index contributed by atoms with van der Waals surface area (Å²) in [5.41, 5.74) is 14.7. The molecule has 246 valence electrons. The maximum absolute atomic E-state index is 5.13. The Morgan fingerprint density at radius 2 is 0.804 bits per heavy atom. The van der Waals surface area contributed by atoms with Crippen LogP contribution in [-0.2, 0) is 10.8 Å². The van der Waals surface area contributed by atoms with Crippen molar-refractivity contribution in [3.05, 3.63) is 174 Å². The molecule has 0 N–H and O–H groups in total. The van der Waals surface area contributed by atoms with Crippen LogP contribution in [-0.4, -0.2) is 15.0 Å². The minimum atomic E-state index is -0.131. The maximum atomic E-state index is 5.13. The highest BCUT2D eigenvalue weighted by Gasteiger charge is 2.38. The summed E-state index contributed by atoms with van der Waals surface area (Å²) in [4.78, 5) is 6.58. The molecule has 0 amide bonds. The van der Waals surface area contributed by atoms with E-state index in [0.717, 1.165) is 38.9 Å². The first-order valence-corrected chi connectivity index (χ1v) is 17.7. The second-order valence-electron chi connectivity index (χ2n) is 14.8. The van der Waals surface area contributed by atoms with Gasteiger partial charge >= 0.3 is 0 Å². The third-order valence-electron chi connectivity index (χ3n) is 11.2. The lowest BCUT2D eigenvalue weighted by atomic mass is 9.73. The van der Waals surface area contributed by atoms with E-state index in [1.54, 1.807) is 4.80 Å². The van der Waals surface area contributed by atoms with E-state index in [9.17, 15) is 0 Å². The molecular weight excluding hydrogens is 623 g/mol. The van der Waals surface area contributed by atoms with Crippen molar-refractivity contribution in [2.75, 3.05) is 9.80 Å². The van der Waals surface area contributed by atoms with Gasteiger partial charge in [0.2, 0.25) is 0 Å². The highest BCUT2D eigenvalue weighted by molar-refractivity contribution is 6.12. The lowest BCUT2D eigenvalue weighted by molar-refractivity contribution is 0.632. The summed E-state index contributed by atoms with van der Waals surface area (Å²) < 4.78 is 0. The van der Waals surface area contributed by atoms with E-state index in [1.807, 2.05) is 0 Å². The van der Waals surface area contributed by atoms with Gasteiger partial charge in [0.25, 0.3) is 0 Å². The Hall–Kier alpha value is -6.20. The molecule has 0 bridgehead atoms.